The summed E-state index contributed by atoms with van der Waals surface area (Å²) in [6.45, 7) is 0. The number of benzene rings is 3. The van der Waals surface area contributed by atoms with Crippen LogP contribution in [0.2, 0.25) is 5.02 Å². The first-order valence-corrected chi connectivity index (χ1v) is 11.2. The molecule has 2 N–H and O–H groups in total. The molecule has 1 atom stereocenters. The summed E-state index contributed by atoms with van der Waals surface area (Å²) in [6, 6.07) is 20.1. The Kier molecular flexibility index (Phi) is 5.73. The van der Waals surface area contributed by atoms with Crippen LogP contribution in [0.15, 0.2) is 90.5 Å². The Labute approximate surface area is 205 Å². The molecule has 34 heavy (non-hydrogen) atoms. The number of thiocarbonyl (C=S) groups is 1. The van der Waals surface area contributed by atoms with E-state index >= 15 is 0 Å². The van der Waals surface area contributed by atoms with Crippen molar-refractivity contribution in [3.05, 3.63) is 112 Å². The molecule has 0 aromatic heterocycles. The van der Waals surface area contributed by atoms with Crippen LogP contribution in [0.3, 0.4) is 0 Å². The standard InChI is InChI=1S/C26H17ClFN3O2S/c27-17-7-11-19(12-8-17)31-25(33)21(24(32)30-26(31)34)13-16-14-23(15-5-9-18(28)10-6-15)29-22-4-2-1-3-20(16)22/h1-14,23,29H,(H,30,32,34). The van der Waals surface area contributed by atoms with E-state index in [1.807, 2.05) is 30.3 Å². The molecular formula is C26H17ClFN3O2S. The summed E-state index contributed by atoms with van der Waals surface area (Å²) in [7, 11) is 0. The summed E-state index contributed by atoms with van der Waals surface area (Å²) < 4.78 is 13.4. The van der Waals surface area contributed by atoms with Crippen LogP contribution in [-0.2, 0) is 9.59 Å². The molecule has 2 amide bonds. The van der Waals surface area contributed by atoms with Crippen LogP contribution in [-0.4, -0.2) is 16.9 Å². The number of halogens is 2. The van der Waals surface area contributed by atoms with Gasteiger partial charge in [-0.2, -0.15) is 0 Å². The average molecular weight is 490 g/mol. The molecule has 3 aromatic rings. The van der Waals surface area contributed by atoms with E-state index in [0.29, 0.717) is 16.3 Å². The Hall–Kier alpha value is -3.81. The molecule has 168 valence electrons. The first-order chi connectivity index (χ1) is 16.4. The van der Waals surface area contributed by atoms with E-state index in [-0.39, 0.29) is 22.5 Å². The maximum atomic E-state index is 13.4. The average Bonchev–Trinajstić information content (AvgIpc) is 2.83. The van der Waals surface area contributed by atoms with Gasteiger partial charge in [-0.15, -0.1) is 0 Å². The zero-order valence-corrected chi connectivity index (χ0v) is 19.2. The number of carbonyl (C=O) groups excluding carboxylic acids is 2. The fourth-order valence-corrected chi connectivity index (χ4v) is 4.36. The first kappa shape index (κ1) is 22.0. The Morgan fingerprint density at radius 1 is 0.971 bits per heavy atom. The predicted octanol–water partition coefficient (Wildman–Crippen LogP) is 5.40. The van der Waals surface area contributed by atoms with Crippen molar-refractivity contribution < 1.29 is 14.0 Å². The molecule has 3 aromatic carbocycles. The Morgan fingerprint density at radius 3 is 2.41 bits per heavy atom. The van der Waals surface area contributed by atoms with Crippen LogP contribution in [0.4, 0.5) is 15.8 Å². The maximum Gasteiger partial charge on any atom is 0.270 e. The zero-order valence-electron chi connectivity index (χ0n) is 17.6. The van der Waals surface area contributed by atoms with Crippen molar-refractivity contribution in [2.45, 2.75) is 6.04 Å². The van der Waals surface area contributed by atoms with E-state index in [0.717, 1.165) is 16.8 Å². The molecule has 2 heterocycles. The monoisotopic (exact) mass is 489 g/mol. The fourth-order valence-electron chi connectivity index (χ4n) is 3.95. The number of anilines is 2. The Morgan fingerprint density at radius 2 is 1.68 bits per heavy atom. The molecule has 1 saturated heterocycles. The largest absolute Gasteiger partial charge is 0.374 e. The van der Waals surface area contributed by atoms with Crippen molar-refractivity contribution in [3.63, 3.8) is 0 Å². The molecule has 0 spiro atoms. The number of hydrogen-bond acceptors (Lipinski definition) is 4. The molecule has 1 unspecified atom stereocenters. The molecule has 8 heteroatoms. The van der Waals surface area contributed by atoms with Crippen molar-refractivity contribution in [2.24, 2.45) is 0 Å². The Bertz CT molecular complexity index is 1380. The number of nitrogens with zero attached hydrogens (tertiary/aromatic N) is 1. The van der Waals surface area contributed by atoms with Crippen molar-refractivity contribution in [1.29, 1.82) is 0 Å². The van der Waals surface area contributed by atoms with Crippen molar-refractivity contribution in [2.75, 3.05) is 10.2 Å². The number of hydrogen-bond donors (Lipinski definition) is 2. The number of allylic oxidation sites excluding steroid dienone is 2. The third-order valence-electron chi connectivity index (χ3n) is 5.61. The van der Waals surface area contributed by atoms with Gasteiger partial charge in [-0.1, -0.05) is 41.9 Å². The fraction of sp³-hybridized carbons (Fsp3) is 0.0385. The Balaban J connectivity index is 1.58. The van der Waals surface area contributed by atoms with Gasteiger partial charge in [0.25, 0.3) is 11.8 Å². The minimum atomic E-state index is -0.574. The lowest BCUT2D eigenvalue weighted by atomic mass is 9.91. The second-order valence-corrected chi connectivity index (χ2v) is 8.60. The van der Waals surface area contributed by atoms with Crippen molar-refractivity contribution in [3.8, 4) is 0 Å². The van der Waals surface area contributed by atoms with Gasteiger partial charge < -0.3 is 5.32 Å². The highest BCUT2D eigenvalue weighted by Gasteiger charge is 2.35. The first-order valence-electron chi connectivity index (χ1n) is 10.4. The van der Waals surface area contributed by atoms with Crippen molar-refractivity contribution >= 4 is 57.7 Å². The molecule has 1 fully saturated rings. The third kappa shape index (κ3) is 4.11. The zero-order chi connectivity index (χ0) is 23.8. The number of rotatable bonds is 3. The van der Waals surface area contributed by atoms with Gasteiger partial charge in [-0.05, 0) is 78.0 Å². The molecule has 2 aliphatic heterocycles. The number of carbonyl (C=O) groups is 2. The third-order valence-corrected chi connectivity index (χ3v) is 6.15. The molecule has 0 bridgehead atoms. The van der Waals surface area contributed by atoms with Crippen LogP contribution < -0.4 is 15.5 Å². The summed E-state index contributed by atoms with van der Waals surface area (Å²) >= 11 is 11.2. The van der Waals surface area contributed by atoms with Crippen LogP contribution in [0.5, 0.6) is 0 Å². The van der Waals surface area contributed by atoms with Gasteiger partial charge in [0.05, 0.1) is 11.7 Å². The molecular weight excluding hydrogens is 473 g/mol. The molecule has 5 nitrogen and oxygen atoms in total. The number of fused-ring (bicyclic) bond motifs is 1. The quantitative estimate of drug-likeness (QED) is 0.293. The number of amides is 2. The second kappa shape index (κ2) is 8.85. The summed E-state index contributed by atoms with van der Waals surface area (Å²) in [5.41, 5.74) is 3.64. The van der Waals surface area contributed by atoms with Gasteiger partial charge in [-0.3, -0.25) is 19.8 Å². The summed E-state index contributed by atoms with van der Waals surface area (Å²) in [4.78, 5) is 27.5. The van der Waals surface area contributed by atoms with E-state index in [4.69, 9.17) is 23.8 Å². The summed E-state index contributed by atoms with van der Waals surface area (Å²) in [6.07, 6.45) is 3.47. The SMILES string of the molecule is O=C1NC(=S)N(c2ccc(Cl)cc2)C(=O)C1=CC1=CC(c2ccc(F)cc2)Nc2ccccc21. The van der Waals surface area contributed by atoms with Crippen molar-refractivity contribution in [1.82, 2.24) is 5.32 Å². The second-order valence-electron chi connectivity index (χ2n) is 7.78. The smallest absolute Gasteiger partial charge is 0.270 e. The van der Waals surface area contributed by atoms with E-state index in [1.165, 1.54) is 17.0 Å². The van der Waals surface area contributed by atoms with Crippen LogP contribution in [0.25, 0.3) is 5.57 Å². The van der Waals surface area contributed by atoms with E-state index in [2.05, 4.69) is 10.6 Å². The van der Waals surface area contributed by atoms with E-state index < -0.39 is 11.8 Å². The lowest BCUT2D eigenvalue weighted by molar-refractivity contribution is -0.122. The van der Waals surface area contributed by atoms with Gasteiger partial charge in [0, 0.05) is 16.3 Å². The minimum Gasteiger partial charge on any atom is -0.374 e. The topological polar surface area (TPSA) is 61.4 Å². The normalized spacial score (nSPS) is 18.8. The highest BCUT2D eigenvalue weighted by Crippen LogP contribution is 2.37. The molecule has 5 rings (SSSR count). The lowest BCUT2D eigenvalue weighted by Crippen LogP contribution is -2.54. The molecule has 0 aliphatic carbocycles. The van der Waals surface area contributed by atoms with Crippen LogP contribution >= 0.6 is 23.8 Å². The number of para-hydroxylation sites is 1. The minimum absolute atomic E-state index is 0.00153. The highest BCUT2D eigenvalue weighted by atomic mass is 35.5. The van der Waals surface area contributed by atoms with Gasteiger partial charge >= 0.3 is 0 Å². The van der Waals surface area contributed by atoms with Gasteiger partial charge in [-0.25, -0.2) is 4.39 Å². The molecule has 0 radical (unpaired) electrons. The van der Waals surface area contributed by atoms with Gasteiger partial charge in [0.15, 0.2) is 5.11 Å². The van der Waals surface area contributed by atoms with Gasteiger partial charge in [0.1, 0.15) is 11.4 Å². The molecule has 0 saturated carbocycles. The molecule has 2 aliphatic rings. The number of nitrogens with one attached hydrogen (secondary N) is 2. The maximum absolute atomic E-state index is 13.4. The van der Waals surface area contributed by atoms with Crippen LogP contribution in [0, 0.1) is 5.82 Å². The van der Waals surface area contributed by atoms with Gasteiger partial charge in [0.2, 0.25) is 0 Å². The summed E-state index contributed by atoms with van der Waals surface area (Å²) in [5.74, 6) is -1.43. The van der Waals surface area contributed by atoms with Crippen LogP contribution in [0.1, 0.15) is 17.2 Å². The summed E-state index contributed by atoms with van der Waals surface area (Å²) in [5, 5.41) is 6.52. The lowest BCUT2D eigenvalue weighted by Gasteiger charge is -2.30. The van der Waals surface area contributed by atoms with E-state index in [9.17, 15) is 14.0 Å². The highest BCUT2D eigenvalue weighted by molar-refractivity contribution is 7.80. The van der Waals surface area contributed by atoms with E-state index in [1.54, 1.807) is 42.5 Å². The predicted molar refractivity (Wildman–Crippen MR) is 135 cm³/mol.